The quantitative estimate of drug-likeness (QED) is 0.692. The molecule has 1 saturated carbocycles. The lowest BCUT2D eigenvalue weighted by molar-refractivity contribution is -0.136. The number of aromatic nitrogens is 1. The second-order valence-corrected chi connectivity index (χ2v) is 7.09. The van der Waals surface area contributed by atoms with Crippen molar-refractivity contribution in [1.29, 1.82) is 0 Å². The van der Waals surface area contributed by atoms with Crippen LogP contribution in [0.4, 0.5) is 0 Å². The molecular formula is C19H21NO3S. The summed E-state index contributed by atoms with van der Waals surface area (Å²) in [6.07, 6.45) is 3.41. The zero-order valence-corrected chi connectivity index (χ0v) is 14.3. The summed E-state index contributed by atoms with van der Waals surface area (Å²) in [5, 5.41) is 9.76. The Balaban J connectivity index is 1.49. The normalized spacial score (nSPS) is 13.7. The van der Waals surface area contributed by atoms with E-state index in [1.165, 1.54) is 12.8 Å². The molecule has 24 heavy (non-hydrogen) atoms. The minimum Gasteiger partial charge on any atom is -0.487 e. The molecule has 0 atom stereocenters. The number of aliphatic carboxylic acids is 1. The Labute approximate surface area is 146 Å². The van der Waals surface area contributed by atoms with Crippen molar-refractivity contribution >= 4 is 17.7 Å². The Bertz CT molecular complexity index is 683. The van der Waals surface area contributed by atoms with Gasteiger partial charge in [0, 0.05) is 12.2 Å². The maximum atomic E-state index is 10.6. The van der Waals surface area contributed by atoms with Crippen LogP contribution in [0.5, 0.6) is 5.75 Å². The van der Waals surface area contributed by atoms with Gasteiger partial charge in [-0.2, -0.15) is 0 Å². The van der Waals surface area contributed by atoms with Gasteiger partial charge in [-0.3, -0.25) is 4.79 Å². The van der Waals surface area contributed by atoms with Crippen LogP contribution in [0, 0.1) is 5.92 Å². The Hall–Kier alpha value is -2.01. The molecule has 2 aromatic rings. The van der Waals surface area contributed by atoms with Crippen molar-refractivity contribution in [3.8, 4) is 5.75 Å². The van der Waals surface area contributed by atoms with Gasteiger partial charge in [0.05, 0.1) is 10.7 Å². The van der Waals surface area contributed by atoms with Gasteiger partial charge in [0.25, 0.3) is 0 Å². The topological polar surface area (TPSA) is 59.4 Å². The highest BCUT2D eigenvalue weighted by Gasteiger charge is 2.21. The van der Waals surface area contributed by atoms with Crippen molar-refractivity contribution in [2.24, 2.45) is 5.92 Å². The van der Waals surface area contributed by atoms with Crippen LogP contribution in [0.25, 0.3) is 0 Å². The summed E-state index contributed by atoms with van der Waals surface area (Å²) in [5.74, 6) is 2.04. The summed E-state index contributed by atoms with van der Waals surface area (Å²) in [6, 6.07) is 13.6. The Morgan fingerprint density at radius 2 is 2.00 bits per heavy atom. The number of aryl methyl sites for hydroxylation is 1. The van der Waals surface area contributed by atoms with E-state index < -0.39 is 5.97 Å². The Kier molecular flexibility index (Phi) is 5.75. The van der Waals surface area contributed by atoms with Crippen molar-refractivity contribution in [3.63, 3.8) is 0 Å². The number of thioether (sulfide) groups is 1. The first kappa shape index (κ1) is 16.8. The first-order valence-corrected chi connectivity index (χ1v) is 9.20. The molecule has 0 amide bonds. The van der Waals surface area contributed by atoms with Gasteiger partial charge < -0.3 is 9.84 Å². The van der Waals surface area contributed by atoms with Gasteiger partial charge in [0.15, 0.2) is 0 Å². The number of carboxylic acid groups (broad SMARTS) is 1. The number of nitrogens with zero attached hydrogens (tertiary/aromatic N) is 1. The molecule has 0 spiro atoms. The van der Waals surface area contributed by atoms with E-state index in [0.29, 0.717) is 13.0 Å². The van der Waals surface area contributed by atoms with E-state index in [4.69, 9.17) is 9.84 Å². The lowest BCUT2D eigenvalue weighted by atomic mass is 10.1. The van der Waals surface area contributed by atoms with Crippen LogP contribution in [0.15, 0.2) is 47.5 Å². The standard InChI is InChI=1S/C19H21NO3S/c21-19(22)11-8-14-6-9-17(10-7-14)23-12-16-2-1-3-18(20-16)24-13-15-4-5-15/h1-3,6-7,9-10,15H,4-5,8,11-13H2,(H,21,22). The van der Waals surface area contributed by atoms with Gasteiger partial charge >= 0.3 is 5.97 Å². The monoisotopic (exact) mass is 343 g/mol. The van der Waals surface area contributed by atoms with Crippen LogP contribution >= 0.6 is 11.8 Å². The Morgan fingerprint density at radius 3 is 2.71 bits per heavy atom. The first-order chi connectivity index (χ1) is 11.7. The van der Waals surface area contributed by atoms with Crippen molar-refractivity contribution < 1.29 is 14.6 Å². The highest BCUT2D eigenvalue weighted by atomic mass is 32.2. The second-order valence-electron chi connectivity index (χ2n) is 6.05. The molecule has 126 valence electrons. The molecule has 5 heteroatoms. The number of benzene rings is 1. The Morgan fingerprint density at radius 1 is 1.21 bits per heavy atom. The van der Waals surface area contributed by atoms with E-state index in [1.54, 1.807) is 0 Å². The van der Waals surface area contributed by atoms with Gasteiger partial charge in [-0.15, -0.1) is 11.8 Å². The summed E-state index contributed by atoms with van der Waals surface area (Å²) in [7, 11) is 0. The molecule has 1 aliphatic carbocycles. The number of ether oxygens (including phenoxy) is 1. The summed E-state index contributed by atoms with van der Waals surface area (Å²) >= 11 is 1.82. The van der Waals surface area contributed by atoms with Crippen LogP contribution in [-0.4, -0.2) is 21.8 Å². The predicted molar refractivity (Wildman–Crippen MR) is 94.4 cm³/mol. The number of hydrogen-bond donors (Lipinski definition) is 1. The molecular weight excluding hydrogens is 322 g/mol. The molecule has 3 rings (SSSR count). The summed E-state index contributed by atoms with van der Waals surface area (Å²) < 4.78 is 5.78. The van der Waals surface area contributed by atoms with Crippen LogP contribution in [-0.2, 0) is 17.8 Å². The number of rotatable bonds is 9. The number of carboxylic acids is 1. The average molecular weight is 343 g/mol. The molecule has 1 aromatic carbocycles. The lowest BCUT2D eigenvalue weighted by Gasteiger charge is -2.08. The maximum absolute atomic E-state index is 10.6. The minimum atomic E-state index is -0.777. The SMILES string of the molecule is O=C(O)CCc1ccc(OCc2cccc(SCC3CC3)n2)cc1. The third-order valence-corrected chi connectivity index (χ3v) is 5.04. The maximum Gasteiger partial charge on any atom is 0.303 e. The van der Waals surface area contributed by atoms with Crippen LogP contribution in [0.2, 0.25) is 0 Å². The van der Waals surface area contributed by atoms with E-state index in [9.17, 15) is 4.79 Å². The number of hydrogen-bond acceptors (Lipinski definition) is 4. The third kappa shape index (κ3) is 5.57. The van der Waals surface area contributed by atoms with Crippen molar-refractivity contribution in [2.75, 3.05) is 5.75 Å². The number of carbonyl (C=O) groups is 1. The molecule has 0 saturated heterocycles. The summed E-state index contributed by atoms with van der Waals surface area (Å²) in [5.41, 5.74) is 1.92. The van der Waals surface area contributed by atoms with Crippen LogP contribution < -0.4 is 4.74 Å². The lowest BCUT2D eigenvalue weighted by Crippen LogP contribution is -2.00. The molecule has 0 unspecified atom stereocenters. The van der Waals surface area contributed by atoms with E-state index in [1.807, 2.05) is 54.2 Å². The molecule has 1 N–H and O–H groups in total. The summed E-state index contributed by atoms with van der Waals surface area (Å²) in [4.78, 5) is 15.2. The fourth-order valence-electron chi connectivity index (χ4n) is 2.27. The largest absolute Gasteiger partial charge is 0.487 e. The highest BCUT2D eigenvalue weighted by molar-refractivity contribution is 7.99. The minimum absolute atomic E-state index is 0.148. The van der Waals surface area contributed by atoms with Gasteiger partial charge in [0.2, 0.25) is 0 Å². The molecule has 1 aliphatic rings. The molecule has 0 bridgehead atoms. The smallest absolute Gasteiger partial charge is 0.303 e. The number of pyridine rings is 1. The second kappa shape index (κ2) is 8.20. The van der Waals surface area contributed by atoms with Crippen molar-refractivity contribution in [1.82, 2.24) is 4.98 Å². The molecule has 1 heterocycles. The zero-order chi connectivity index (χ0) is 16.8. The van der Waals surface area contributed by atoms with Crippen LogP contribution in [0.1, 0.15) is 30.5 Å². The van der Waals surface area contributed by atoms with Crippen LogP contribution in [0.3, 0.4) is 0 Å². The predicted octanol–water partition coefficient (Wildman–Crippen LogP) is 4.18. The molecule has 0 aliphatic heterocycles. The fourth-order valence-corrected chi connectivity index (χ4v) is 3.36. The zero-order valence-electron chi connectivity index (χ0n) is 13.5. The molecule has 4 nitrogen and oxygen atoms in total. The first-order valence-electron chi connectivity index (χ1n) is 8.21. The van der Waals surface area contributed by atoms with Gasteiger partial charge in [-0.25, -0.2) is 4.98 Å². The van der Waals surface area contributed by atoms with Gasteiger partial charge in [-0.05, 0) is 55.0 Å². The fraction of sp³-hybridized carbons (Fsp3) is 0.368. The van der Waals surface area contributed by atoms with E-state index >= 15 is 0 Å². The van der Waals surface area contributed by atoms with E-state index in [2.05, 4.69) is 4.98 Å². The van der Waals surface area contributed by atoms with E-state index in [-0.39, 0.29) is 6.42 Å². The van der Waals surface area contributed by atoms with Crippen molar-refractivity contribution in [2.45, 2.75) is 37.3 Å². The molecule has 1 fully saturated rings. The highest BCUT2D eigenvalue weighted by Crippen LogP contribution is 2.34. The van der Waals surface area contributed by atoms with Crippen molar-refractivity contribution in [3.05, 3.63) is 53.7 Å². The van der Waals surface area contributed by atoms with Gasteiger partial charge in [-0.1, -0.05) is 18.2 Å². The molecule has 1 aromatic heterocycles. The average Bonchev–Trinajstić information content (AvgIpc) is 3.42. The third-order valence-electron chi connectivity index (χ3n) is 3.88. The van der Waals surface area contributed by atoms with E-state index in [0.717, 1.165) is 33.7 Å². The molecule has 0 radical (unpaired) electrons. The summed E-state index contributed by atoms with van der Waals surface area (Å²) in [6.45, 7) is 0.437. The van der Waals surface area contributed by atoms with Gasteiger partial charge in [0.1, 0.15) is 12.4 Å².